The summed E-state index contributed by atoms with van der Waals surface area (Å²) in [5.41, 5.74) is 0.391. The van der Waals surface area contributed by atoms with Gasteiger partial charge in [-0.3, -0.25) is 14.9 Å². The zero-order valence-corrected chi connectivity index (χ0v) is 15.2. The fraction of sp³-hybridized carbons (Fsp3) is 0.294. The molecule has 0 unspecified atom stereocenters. The van der Waals surface area contributed by atoms with Gasteiger partial charge in [-0.2, -0.15) is 0 Å². The van der Waals surface area contributed by atoms with Gasteiger partial charge >= 0.3 is 5.97 Å². The summed E-state index contributed by atoms with van der Waals surface area (Å²) in [7, 11) is 0. The molecule has 1 aromatic carbocycles. The molecule has 0 bridgehead atoms. The van der Waals surface area contributed by atoms with E-state index in [1.54, 1.807) is 18.2 Å². The molecule has 1 aromatic heterocycles. The number of esters is 1. The maximum atomic E-state index is 12.2. The zero-order valence-electron chi connectivity index (χ0n) is 13.6. The lowest BCUT2D eigenvalue weighted by atomic mass is 10.1. The SMILES string of the molecule is O=C(OCC(=O)c1ccc(Cl)s1)c1ccc(N2CCCC2)c([N+](=O)[O-])c1. The summed E-state index contributed by atoms with van der Waals surface area (Å²) in [5, 5.41) is 11.4. The molecule has 9 heteroatoms. The van der Waals surface area contributed by atoms with Crippen LogP contribution in [0, 0.1) is 10.1 Å². The molecule has 1 aliphatic heterocycles. The van der Waals surface area contributed by atoms with Crippen LogP contribution in [0.5, 0.6) is 0 Å². The highest BCUT2D eigenvalue weighted by atomic mass is 35.5. The van der Waals surface area contributed by atoms with Gasteiger partial charge in [0.1, 0.15) is 5.69 Å². The molecule has 0 radical (unpaired) electrons. The molecular formula is C17H15ClN2O5S. The number of carbonyl (C=O) groups is 2. The van der Waals surface area contributed by atoms with E-state index in [1.807, 2.05) is 4.90 Å². The molecule has 1 aliphatic rings. The van der Waals surface area contributed by atoms with Gasteiger partial charge in [0.15, 0.2) is 6.61 Å². The van der Waals surface area contributed by atoms with Gasteiger partial charge in [0.25, 0.3) is 5.69 Å². The Hall–Kier alpha value is -2.45. The van der Waals surface area contributed by atoms with Gasteiger partial charge in [-0.25, -0.2) is 4.79 Å². The normalized spacial score (nSPS) is 13.7. The smallest absolute Gasteiger partial charge is 0.338 e. The highest BCUT2D eigenvalue weighted by Gasteiger charge is 2.24. The van der Waals surface area contributed by atoms with Crippen LogP contribution in [0.15, 0.2) is 30.3 Å². The largest absolute Gasteiger partial charge is 0.454 e. The number of ketones is 1. The number of nitrogens with zero attached hydrogens (tertiary/aromatic N) is 2. The number of hydrogen-bond acceptors (Lipinski definition) is 7. The van der Waals surface area contributed by atoms with Crippen molar-refractivity contribution in [1.82, 2.24) is 0 Å². The molecule has 26 heavy (non-hydrogen) atoms. The number of benzene rings is 1. The maximum absolute atomic E-state index is 12.2. The molecule has 3 rings (SSSR count). The van der Waals surface area contributed by atoms with E-state index in [2.05, 4.69) is 0 Å². The molecule has 2 heterocycles. The van der Waals surface area contributed by atoms with Gasteiger partial charge in [-0.15, -0.1) is 11.3 Å². The summed E-state index contributed by atoms with van der Waals surface area (Å²) in [6, 6.07) is 7.37. The second-order valence-corrected chi connectivity index (χ2v) is 7.47. The first-order valence-electron chi connectivity index (χ1n) is 7.95. The number of hydrogen-bond donors (Lipinski definition) is 0. The second-order valence-electron chi connectivity index (χ2n) is 5.76. The summed E-state index contributed by atoms with van der Waals surface area (Å²) in [6.07, 6.45) is 1.96. The molecule has 0 spiro atoms. The van der Waals surface area contributed by atoms with Crippen LogP contribution in [0.4, 0.5) is 11.4 Å². The predicted octanol–water partition coefficient (Wildman–Crippen LogP) is 3.95. The number of Topliss-reactive ketones (excluding diaryl/α,β-unsaturated/α-hetero) is 1. The van der Waals surface area contributed by atoms with Crippen LogP contribution in [-0.2, 0) is 4.74 Å². The zero-order chi connectivity index (χ0) is 18.7. The lowest BCUT2D eigenvalue weighted by Crippen LogP contribution is -2.19. The Balaban J connectivity index is 1.71. The Morgan fingerprint density at radius 1 is 1.23 bits per heavy atom. The summed E-state index contributed by atoms with van der Waals surface area (Å²) < 4.78 is 5.46. The first kappa shape index (κ1) is 18.3. The molecule has 0 saturated carbocycles. The van der Waals surface area contributed by atoms with Crippen LogP contribution < -0.4 is 4.90 Å². The highest BCUT2D eigenvalue weighted by Crippen LogP contribution is 2.32. The van der Waals surface area contributed by atoms with Gasteiger partial charge < -0.3 is 9.64 Å². The Labute approximate surface area is 158 Å². The van der Waals surface area contributed by atoms with E-state index in [-0.39, 0.29) is 17.0 Å². The number of nitro benzene ring substituents is 1. The first-order valence-corrected chi connectivity index (χ1v) is 9.14. The van der Waals surface area contributed by atoms with E-state index < -0.39 is 17.5 Å². The molecule has 7 nitrogen and oxygen atoms in total. The van der Waals surface area contributed by atoms with Crippen molar-refractivity contribution < 1.29 is 19.2 Å². The minimum Gasteiger partial charge on any atom is -0.454 e. The van der Waals surface area contributed by atoms with Gasteiger partial charge in [0.05, 0.1) is 19.7 Å². The van der Waals surface area contributed by atoms with E-state index in [0.717, 1.165) is 37.3 Å². The fourth-order valence-corrected chi connectivity index (χ4v) is 3.74. The molecule has 2 aromatic rings. The topological polar surface area (TPSA) is 89.8 Å². The van der Waals surface area contributed by atoms with Crippen molar-refractivity contribution in [3.63, 3.8) is 0 Å². The number of carbonyl (C=O) groups excluding carboxylic acids is 2. The molecule has 1 fully saturated rings. The lowest BCUT2D eigenvalue weighted by Gasteiger charge is -2.17. The molecule has 1 saturated heterocycles. The van der Waals surface area contributed by atoms with Crippen molar-refractivity contribution in [2.45, 2.75) is 12.8 Å². The standard InChI is InChI=1S/C17H15ClN2O5S/c18-16-6-5-15(26-16)14(21)10-25-17(22)11-3-4-12(13(9-11)20(23)24)19-7-1-2-8-19/h3-6,9H,1-2,7-8,10H2. The minimum absolute atomic E-state index is 0.0386. The molecule has 0 amide bonds. The average molecular weight is 395 g/mol. The summed E-state index contributed by atoms with van der Waals surface area (Å²) in [5.74, 6) is -1.16. The summed E-state index contributed by atoms with van der Waals surface area (Å²) >= 11 is 6.86. The number of nitro groups is 1. The average Bonchev–Trinajstić information content (AvgIpc) is 3.30. The van der Waals surface area contributed by atoms with Crippen LogP contribution in [0.1, 0.15) is 32.9 Å². The van der Waals surface area contributed by atoms with Crippen molar-refractivity contribution in [2.24, 2.45) is 0 Å². The number of ether oxygens (including phenoxy) is 1. The van der Waals surface area contributed by atoms with Gasteiger partial charge in [-0.05, 0) is 37.1 Å². The Morgan fingerprint density at radius 2 is 1.96 bits per heavy atom. The number of rotatable bonds is 6. The fourth-order valence-electron chi connectivity index (χ4n) is 2.77. The van der Waals surface area contributed by atoms with Gasteiger partial charge in [0, 0.05) is 19.2 Å². The molecule has 0 N–H and O–H groups in total. The van der Waals surface area contributed by atoms with Crippen molar-refractivity contribution in [3.8, 4) is 0 Å². The van der Waals surface area contributed by atoms with Crippen molar-refractivity contribution in [1.29, 1.82) is 0 Å². The molecule has 0 atom stereocenters. The maximum Gasteiger partial charge on any atom is 0.338 e. The van der Waals surface area contributed by atoms with Crippen molar-refractivity contribution in [2.75, 3.05) is 24.6 Å². The third-order valence-corrected chi connectivity index (χ3v) is 5.31. The van der Waals surface area contributed by atoms with Crippen LogP contribution in [0.25, 0.3) is 0 Å². The van der Waals surface area contributed by atoms with E-state index in [1.165, 1.54) is 12.1 Å². The molecular weight excluding hydrogens is 380 g/mol. The highest BCUT2D eigenvalue weighted by molar-refractivity contribution is 7.18. The quantitative estimate of drug-likeness (QED) is 0.319. The van der Waals surface area contributed by atoms with E-state index in [9.17, 15) is 19.7 Å². The van der Waals surface area contributed by atoms with E-state index in [4.69, 9.17) is 16.3 Å². The molecule has 136 valence electrons. The van der Waals surface area contributed by atoms with E-state index >= 15 is 0 Å². The predicted molar refractivity (Wildman–Crippen MR) is 98.5 cm³/mol. The third-order valence-electron chi connectivity index (χ3n) is 4.04. The van der Waals surface area contributed by atoms with E-state index in [0.29, 0.717) is 14.9 Å². The van der Waals surface area contributed by atoms with Crippen molar-refractivity contribution >= 4 is 46.1 Å². The van der Waals surface area contributed by atoms with Crippen LogP contribution >= 0.6 is 22.9 Å². The Morgan fingerprint density at radius 3 is 2.58 bits per heavy atom. The third kappa shape index (κ3) is 4.03. The Bertz CT molecular complexity index is 861. The second kappa shape index (κ2) is 7.84. The van der Waals surface area contributed by atoms with Gasteiger partial charge in [-0.1, -0.05) is 11.6 Å². The minimum atomic E-state index is -0.780. The van der Waals surface area contributed by atoms with Crippen LogP contribution in [-0.4, -0.2) is 36.4 Å². The summed E-state index contributed by atoms with van der Waals surface area (Å²) in [4.78, 5) is 37.3. The Kier molecular flexibility index (Phi) is 5.53. The monoisotopic (exact) mass is 394 g/mol. The van der Waals surface area contributed by atoms with Crippen molar-refractivity contribution in [3.05, 3.63) is 55.2 Å². The lowest BCUT2D eigenvalue weighted by molar-refractivity contribution is -0.384. The summed E-state index contributed by atoms with van der Waals surface area (Å²) in [6.45, 7) is 1.06. The molecule has 0 aliphatic carbocycles. The number of anilines is 1. The van der Waals surface area contributed by atoms with Crippen LogP contribution in [0.2, 0.25) is 4.34 Å². The number of thiophene rings is 1. The number of halogens is 1. The van der Waals surface area contributed by atoms with Crippen LogP contribution in [0.3, 0.4) is 0 Å². The van der Waals surface area contributed by atoms with Gasteiger partial charge in [0.2, 0.25) is 5.78 Å². The first-order chi connectivity index (χ1) is 12.5.